The van der Waals surface area contributed by atoms with E-state index in [2.05, 4.69) is 0 Å². The van der Waals surface area contributed by atoms with Crippen molar-refractivity contribution < 1.29 is 8.83 Å². The highest BCUT2D eigenvalue weighted by atomic mass is 32.2. The summed E-state index contributed by atoms with van der Waals surface area (Å²) in [6.45, 7) is 0. The van der Waals surface area contributed by atoms with Gasteiger partial charge in [0.1, 0.15) is 11.3 Å². The minimum absolute atomic E-state index is 0.0354. The molecule has 132 valence electrons. The first kappa shape index (κ1) is 16.1. The number of fused-ring (bicyclic) bond motifs is 2. The van der Waals surface area contributed by atoms with Gasteiger partial charge in [0.15, 0.2) is 0 Å². The van der Waals surface area contributed by atoms with E-state index in [9.17, 15) is 4.79 Å². The van der Waals surface area contributed by atoms with Crippen LogP contribution in [-0.2, 0) is 0 Å². The van der Waals surface area contributed by atoms with Gasteiger partial charge in [0.05, 0.1) is 28.5 Å². The maximum absolute atomic E-state index is 12.7. The van der Waals surface area contributed by atoms with Gasteiger partial charge in [-0.15, -0.1) is 11.8 Å². The van der Waals surface area contributed by atoms with E-state index in [0.29, 0.717) is 23.3 Å². The van der Waals surface area contributed by atoms with Crippen molar-refractivity contribution in [3.63, 3.8) is 0 Å². The van der Waals surface area contributed by atoms with Gasteiger partial charge in [-0.25, -0.2) is 4.79 Å². The summed E-state index contributed by atoms with van der Waals surface area (Å²) in [6, 6.07) is 21.2. The molecule has 5 rings (SSSR count). The quantitative estimate of drug-likeness (QED) is 0.420. The zero-order chi connectivity index (χ0) is 18.2. The molecule has 27 heavy (non-hydrogen) atoms. The summed E-state index contributed by atoms with van der Waals surface area (Å²) in [5.41, 5.74) is 2.29. The fraction of sp³-hybridized carbons (Fsp3) is 0.0909. The molecule has 0 aliphatic carbocycles. The molecule has 3 heterocycles. The van der Waals surface area contributed by atoms with Crippen molar-refractivity contribution in [3.8, 4) is 0 Å². The van der Waals surface area contributed by atoms with Crippen molar-refractivity contribution in [2.24, 2.45) is 4.99 Å². The van der Waals surface area contributed by atoms with Gasteiger partial charge in [0, 0.05) is 16.7 Å². The van der Waals surface area contributed by atoms with Crippen LogP contribution in [0.1, 0.15) is 23.0 Å². The summed E-state index contributed by atoms with van der Waals surface area (Å²) in [6.07, 6.45) is 2.25. The first-order chi connectivity index (χ1) is 13.3. The standard InChI is InChI=1S/C22H15NO3S/c24-22-15(12-14-6-1-3-8-18(14)26-22)17-13-21(19-9-5-11-25-19)27-20-10-4-2-7-16(20)23-17/h1-12,21H,13H2. The van der Waals surface area contributed by atoms with E-state index < -0.39 is 0 Å². The number of hydrogen-bond acceptors (Lipinski definition) is 5. The van der Waals surface area contributed by atoms with Crippen molar-refractivity contribution in [2.45, 2.75) is 16.6 Å². The van der Waals surface area contributed by atoms with Crippen molar-refractivity contribution in [3.05, 3.63) is 94.7 Å². The molecule has 2 aromatic carbocycles. The van der Waals surface area contributed by atoms with E-state index in [0.717, 1.165) is 21.7 Å². The second-order valence-electron chi connectivity index (χ2n) is 6.34. The maximum Gasteiger partial charge on any atom is 0.345 e. The van der Waals surface area contributed by atoms with Gasteiger partial charge in [0.2, 0.25) is 0 Å². The zero-order valence-corrected chi connectivity index (χ0v) is 15.1. The highest BCUT2D eigenvalue weighted by molar-refractivity contribution is 7.99. The number of rotatable bonds is 2. The Morgan fingerprint density at radius 3 is 2.74 bits per heavy atom. The Morgan fingerprint density at radius 2 is 1.85 bits per heavy atom. The lowest BCUT2D eigenvalue weighted by atomic mass is 10.0. The van der Waals surface area contributed by atoms with Crippen molar-refractivity contribution in [2.75, 3.05) is 0 Å². The highest BCUT2D eigenvalue weighted by Crippen LogP contribution is 2.45. The average molecular weight is 373 g/mol. The molecule has 0 bridgehead atoms. The fourth-order valence-corrected chi connectivity index (χ4v) is 4.47. The third kappa shape index (κ3) is 3.00. The number of para-hydroxylation sites is 2. The average Bonchev–Trinajstić information content (AvgIpc) is 3.15. The SMILES string of the molecule is O=c1oc2ccccc2cc1C1=Nc2ccccc2SC(c2ccco2)C1. The van der Waals surface area contributed by atoms with Gasteiger partial charge < -0.3 is 8.83 Å². The second kappa shape index (κ2) is 6.59. The van der Waals surface area contributed by atoms with E-state index in [4.69, 9.17) is 13.8 Å². The van der Waals surface area contributed by atoms with Crippen molar-refractivity contribution in [1.29, 1.82) is 0 Å². The molecule has 1 aliphatic heterocycles. The molecule has 0 spiro atoms. The largest absolute Gasteiger partial charge is 0.468 e. The number of hydrogen-bond donors (Lipinski definition) is 0. The number of thioether (sulfide) groups is 1. The Labute approximate surface area is 159 Å². The third-order valence-electron chi connectivity index (χ3n) is 4.58. The molecule has 0 fully saturated rings. The third-order valence-corrected chi connectivity index (χ3v) is 5.86. The van der Waals surface area contributed by atoms with Crippen LogP contribution in [0.15, 0.2) is 96.5 Å². The summed E-state index contributed by atoms with van der Waals surface area (Å²) in [5, 5.41) is 0.919. The monoisotopic (exact) mass is 373 g/mol. The van der Waals surface area contributed by atoms with Crippen LogP contribution in [0.2, 0.25) is 0 Å². The molecule has 0 N–H and O–H groups in total. The minimum Gasteiger partial charge on any atom is -0.468 e. The molecule has 0 radical (unpaired) electrons. The van der Waals surface area contributed by atoms with Crippen molar-refractivity contribution in [1.82, 2.24) is 0 Å². The summed E-state index contributed by atoms with van der Waals surface area (Å²) in [4.78, 5) is 18.6. The molecule has 4 nitrogen and oxygen atoms in total. The van der Waals surface area contributed by atoms with Crippen LogP contribution in [0.5, 0.6) is 0 Å². The smallest absolute Gasteiger partial charge is 0.345 e. The Bertz CT molecular complexity index is 1210. The molecule has 2 aromatic heterocycles. The number of furan rings is 1. The summed E-state index contributed by atoms with van der Waals surface area (Å²) >= 11 is 1.70. The van der Waals surface area contributed by atoms with Gasteiger partial charge in [-0.2, -0.15) is 0 Å². The molecule has 0 saturated heterocycles. The minimum atomic E-state index is -0.366. The van der Waals surface area contributed by atoms with Crippen LogP contribution >= 0.6 is 11.8 Å². The lowest BCUT2D eigenvalue weighted by Crippen LogP contribution is -2.16. The first-order valence-electron chi connectivity index (χ1n) is 8.68. The van der Waals surface area contributed by atoms with Crippen LogP contribution in [0.4, 0.5) is 5.69 Å². The van der Waals surface area contributed by atoms with Crippen LogP contribution in [0, 0.1) is 0 Å². The number of benzene rings is 2. The highest BCUT2D eigenvalue weighted by Gasteiger charge is 2.26. The van der Waals surface area contributed by atoms with Crippen molar-refractivity contribution >= 4 is 34.1 Å². The lowest BCUT2D eigenvalue weighted by Gasteiger charge is -2.12. The van der Waals surface area contributed by atoms with Crippen LogP contribution in [-0.4, -0.2) is 5.71 Å². The predicted octanol–water partition coefficient (Wildman–Crippen LogP) is 5.74. The summed E-state index contributed by atoms with van der Waals surface area (Å²) in [5.74, 6) is 0.870. The van der Waals surface area contributed by atoms with Crippen LogP contribution < -0.4 is 5.63 Å². The lowest BCUT2D eigenvalue weighted by molar-refractivity contribution is 0.508. The Kier molecular flexibility index (Phi) is 3.94. The molecule has 1 aliphatic rings. The van der Waals surface area contributed by atoms with Gasteiger partial charge in [-0.05, 0) is 36.4 Å². The Hall–Kier alpha value is -3.05. The maximum atomic E-state index is 12.7. The Morgan fingerprint density at radius 1 is 1.00 bits per heavy atom. The number of aliphatic imine (C=N–C) groups is 1. The Balaban J connectivity index is 1.69. The van der Waals surface area contributed by atoms with Gasteiger partial charge >= 0.3 is 5.63 Å². The normalized spacial score (nSPS) is 16.6. The zero-order valence-electron chi connectivity index (χ0n) is 14.3. The van der Waals surface area contributed by atoms with E-state index in [1.54, 1.807) is 24.1 Å². The molecular weight excluding hydrogens is 358 g/mol. The predicted molar refractivity (Wildman–Crippen MR) is 107 cm³/mol. The van der Waals surface area contributed by atoms with Gasteiger partial charge in [-0.1, -0.05) is 30.3 Å². The van der Waals surface area contributed by atoms with Crippen LogP contribution in [0.25, 0.3) is 11.0 Å². The van der Waals surface area contributed by atoms with E-state index >= 15 is 0 Å². The molecular formula is C22H15NO3S. The van der Waals surface area contributed by atoms with Gasteiger partial charge in [0.25, 0.3) is 0 Å². The molecule has 0 saturated carbocycles. The number of nitrogens with zero attached hydrogens (tertiary/aromatic N) is 1. The second-order valence-corrected chi connectivity index (χ2v) is 7.58. The molecule has 1 unspecified atom stereocenters. The van der Waals surface area contributed by atoms with E-state index in [1.807, 2.05) is 60.7 Å². The van der Waals surface area contributed by atoms with Crippen LogP contribution in [0.3, 0.4) is 0 Å². The molecule has 4 aromatic rings. The fourth-order valence-electron chi connectivity index (χ4n) is 3.28. The molecule has 0 amide bonds. The molecule has 5 heteroatoms. The summed E-state index contributed by atoms with van der Waals surface area (Å²) < 4.78 is 11.2. The van der Waals surface area contributed by atoms with E-state index in [-0.39, 0.29) is 10.9 Å². The van der Waals surface area contributed by atoms with Gasteiger partial charge in [-0.3, -0.25) is 4.99 Å². The first-order valence-corrected chi connectivity index (χ1v) is 9.56. The topological polar surface area (TPSA) is 55.7 Å². The summed E-state index contributed by atoms with van der Waals surface area (Å²) in [7, 11) is 0. The van der Waals surface area contributed by atoms with E-state index in [1.165, 1.54) is 0 Å². The molecule has 1 atom stereocenters.